The van der Waals surface area contributed by atoms with Gasteiger partial charge in [-0.3, -0.25) is 40.2 Å². The molecule has 11 heterocycles. The number of halogens is 2. The number of hydrogen-bond donors (Lipinski definition) is 6. The summed E-state index contributed by atoms with van der Waals surface area (Å²) >= 11 is 0. The molecule has 326 valence electrons. The van der Waals surface area contributed by atoms with E-state index in [1.807, 2.05) is 31.3 Å². The van der Waals surface area contributed by atoms with Crippen LogP contribution < -0.4 is 10.2 Å². The van der Waals surface area contributed by atoms with E-state index in [9.17, 15) is 8.78 Å². The van der Waals surface area contributed by atoms with Crippen LogP contribution in [0.5, 0.6) is 0 Å². The van der Waals surface area contributed by atoms with Crippen LogP contribution in [0.15, 0.2) is 122 Å². The van der Waals surface area contributed by atoms with Crippen LogP contribution in [0.1, 0.15) is 0 Å². The SMILES string of the molecule is CNC1CN(c2cncc(-c3cc4c(-c5nc6c(-c7ccc(F)cc7)nccc6[nH]5)n[nH]c4cn3)n2)C1.Fc1ccc(-c2nccc3[nH]c(-c4n[nH]c5cnc(-c6cn[nH]c6)cc45)nc23)cc1. The summed E-state index contributed by atoms with van der Waals surface area (Å²) in [4.78, 5) is 45.6. The molecule has 18 nitrogen and oxygen atoms in total. The topological polar surface area (TPSA) is 236 Å². The molecule has 0 atom stereocenters. The van der Waals surface area contributed by atoms with Crippen LogP contribution in [0.2, 0.25) is 0 Å². The van der Waals surface area contributed by atoms with Crippen molar-refractivity contribution in [2.75, 3.05) is 25.0 Å². The van der Waals surface area contributed by atoms with Gasteiger partial charge in [0.05, 0.1) is 75.8 Å². The fourth-order valence-electron chi connectivity index (χ4n) is 8.10. The van der Waals surface area contributed by atoms with Crippen LogP contribution in [0.3, 0.4) is 0 Å². The molecule has 1 aliphatic heterocycles. The zero-order valence-electron chi connectivity index (χ0n) is 35.2. The smallest absolute Gasteiger partial charge is 0.159 e. The third-order valence-corrected chi connectivity index (χ3v) is 11.7. The van der Waals surface area contributed by atoms with E-state index in [1.54, 1.807) is 73.8 Å². The van der Waals surface area contributed by atoms with Crippen LogP contribution in [0.4, 0.5) is 14.6 Å². The van der Waals surface area contributed by atoms with Gasteiger partial charge in [0, 0.05) is 65.2 Å². The van der Waals surface area contributed by atoms with Crippen LogP contribution in [0.25, 0.3) is 112 Å². The molecule has 0 saturated carbocycles. The number of aromatic nitrogens is 16. The van der Waals surface area contributed by atoms with Gasteiger partial charge in [0.1, 0.15) is 45.6 Å². The van der Waals surface area contributed by atoms with Gasteiger partial charge in [-0.2, -0.15) is 15.3 Å². The van der Waals surface area contributed by atoms with E-state index in [2.05, 4.69) is 75.7 Å². The Morgan fingerprint density at radius 1 is 0.567 bits per heavy atom. The van der Waals surface area contributed by atoms with Crippen molar-refractivity contribution in [2.24, 2.45) is 0 Å². The van der Waals surface area contributed by atoms with Gasteiger partial charge in [0.25, 0.3) is 0 Å². The molecule has 0 unspecified atom stereocenters. The highest BCUT2D eigenvalue weighted by Crippen LogP contribution is 2.34. The Morgan fingerprint density at radius 3 is 1.69 bits per heavy atom. The van der Waals surface area contributed by atoms with Gasteiger partial charge in [-0.05, 0) is 79.8 Å². The van der Waals surface area contributed by atoms with Gasteiger partial charge in [0.2, 0.25) is 0 Å². The number of imidazole rings is 2. The number of aromatic amines is 5. The standard InChI is InChI=1S/C26H21FN10.C21H13FN8/c1-28-16-12-37(13-16)22-11-29-9-21(32-22)19-8-17-20(10-31-19)35-36-24(17)26-33-18-6-7-30-23(25(18)34-26)14-2-4-15(27)5-3-14;22-13-3-1-11(2-4-13)18-20-15(5-6-23-18)27-21(28-20)19-14-7-16(12-8-25-26-9-12)24-10-17(14)29-30-19/h2-11,16,28H,12-13H2,1H3,(H,33,34)(H,35,36);1-10H,(H,25,26)(H,27,28)(H,29,30). The first-order chi connectivity index (χ1) is 32.9. The van der Waals surface area contributed by atoms with Crippen LogP contribution in [0, 0.1) is 11.6 Å². The zero-order chi connectivity index (χ0) is 45.0. The van der Waals surface area contributed by atoms with E-state index >= 15 is 0 Å². The lowest BCUT2D eigenvalue weighted by Crippen LogP contribution is -2.57. The van der Waals surface area contributed by atoms with Crippen molar-refractivity contribution in [3.05, 3.63) is 134 Å². The number of anilines is 1. The van der Waals surface area contributed by atoms with E-state index < -0.39 is 0 Å². The Labute approximate surface area is 376 Å². The molecule has 0 spiro atoms. The highest BCUT2D eigenvalue weighted by molar-refractivity contribution is 5.98. The Kier molecular flexibility index (Phi) is 9.48. The maximum atomic E-state index is 13.5. The van der Waals surface area contributed by atoms with E-state index in [0.717, 1.165) is 74.1 Å². The fourth-order valence-corrected chi connectivity index (χ4v) is 8.10. The lowest BCUT2D eigenvalue weighted by Gasteiger charge is -2.39. The normalized spacial score (nSPS) is 12.9. The maximum absolute atomic E-state index is 13.5. The van der Waals surface area contributed by atoms with Crippen molar-refractivity contribution in [3.8, 4) is 68.2 Å². The molecule has 1 aliphatic rings. The molecular formula is C47H34F2N18. The molecule has 10 aromatic heterocycles. The third kappa shape index (κ3) is 7.22. The minimum Gasteiger partial charge on any atom is -0.352 e. The summed E-state index contributed by atoms with van der Waals surface area (Å²) < 4.78 is 26.8. The summed E-state index contributed by atoms with van der Waals surface area (Å²) in [6.07, 6.45) is 13.9. The summed E-state index contributed by atoms with van der Waals surface area (Å²) in [7, 11) is 1.97. The molecular weight excluding hydrogens is 855 g/mol. The van der Waals surface area contributed by atoms with Crippen molar-refractivity contribution >= 4 is 49.7 Å². The molecule has 2 aromatic carbocycles. The molecule has 1 saturated heterocycles. The van der Waals surface area contributed by atoms with Gasteiger partial charge < -0.3 is 20.2 Å². The van der Waals surface area contributed by atoms with Crippen molar-refractivity contribution < 1.29 is 8.78 Å². The van der Waals surface area contributed by atoms with Crippen molar-refractivity contribution in [2.45, 2.75) is 6.04 Å². The van der Waals surface area contributed by atoms with Crippen LogP contribution in [-0.4, -0.2) is 107 Å². The predicted molar refractivity (Wildman–Crippen MR) is 248 cm³/mol. The first-order valence-electron chi connectivity index (χ1n) is 21.1. The predicted octanol–water partition coefficient (Wildman–Crippen LogP) is 7.66. The highest BCUT2D eigenvalue weighted by atomic mass is 19.1. The molecule has 12 aromatic rings. The second-order valence-corrected chi connectivity index (χ2v) is 15.8. The van der Waals surface area contributed by atoms with E-state index in [1.165, 1.54) is 24.3 Å². The second-order valence-electron chi connectivity index (χ2n) is 15.8. The lowest BCUT2D eigenvalue weighted by molar-refractivity contribution is 0.447. The number of nitrogens with one attached hydrogen (secondary N) is 6. The van der Waals surface area contributed by atoms with Gasteiger partial charge in [0.15, 0.2) is 11.6 Å². The monoisotopic (exact) mass is 888 g/mol. The summed E-state index contributed by atoms with van der Waals surface area (Å²) in [5.41, 5.74) is 11.9. The number of fused-ring (bicyclic) bond motifs is 4. The first kappa shape index (κ1) is 39.4. The van der Waals surface area contributed by atoms with Gasteiger partial charge in [-0.1, -0.05) is 0 Å². The first-order valence-corrected chi connectivity index (χ1v) is 21.1. The molecule has 0 radical (unpaired) electrons. The molecule has 67 heavy (non-hydrogen) atoms. The second kappa shape index (κ2) is 16.1. The number of rotatable bonds is 8. The average Bonchev–Trinajstić information content (AvgIpc) is 4.21. The molecule has 6 N–H and O–H groups in total. The quantitative estimate of drug-likeness (QED) is 0.0861. The molecule has 0 aliphatic carbocycles. The van der Waals surface area contributed by atoms with Crippen LogP contribution >= 0.6 is 0 Å². The summed E-state index contributed by atoms with van der Waals surface area (Å²) in [5, 5.41) is 26.8. The number of pyridine rings is 4. The summed E-state index contributed by atoms with van der Waals surface area (Å²) in [6.45, 7) is 1.79. The highest BCUT2D eigenvalue weighted by Gasteiger charge is 2.27. The molecule has 1 fully saturated rings. The maximum Gasteiger partial charge on any atom is 0.159 e. The Bertz CT molecular complexity index is 3740. The minimum absolute atomic E-state index is 0.293. The van der Waals surface area contributed by atoms with Crippen molar-refractivity contribution in [1.29, 1.82) is 0 Å². The molecule has 0 bridgehead atoms. The largest absolute Gasteiger partial charge is 0.352 e. The molecule has 0 amide bonds. The van der Waals surface area contributed by atoms with Gasteiger partial charge in [-0.15, -0.1) is 0 Å². The van der Waals surface area contributed by atoms with Gasteiger partial charge >= 0.3 is 0 Å². The Hall–Kier alpha value is -9.17. The number of H-pyrrole nitrogens is 5. The van der Waals surface area contributed by atoms with E-state index in [-0.39, 0.29) is 11.6 Å². The van der Waals surface area contributed by atoms with E-state index in [0.29, 0.717) is 62.9 Å². The van der Waals surface area contributed by atoms with Crippen LogP contribution in [-0.2, 0) is 0 Å². The molecule has 13 rings (SSSR count). The summed E-state index contributed by atoms with van der Waals surface area (Å²) in [5.74, 6) is 1.44. The fraction of sp³-hybridized carbons (Fsp3) is 0.0851. The number of hydrogen-bond acceptors (Lipinski definition) is 13. The van der Waals surface area contributed by atoms with Crippen molar-refractivity contribution in [1.82, 2.24) is 85.7 Å². The minimum atomic E-state index is -0.298. The third-order valence-electron chi connectivity index (χ3n) is 11.7. The summed E-state index contributed by atoms with van der Waals surface area (Å²) in [6, 6.07) is 20.5. The lowest BCUT2D eigenvalue weighted by atomic mass is 10.1. The van der Waals surface area contributed by atoms with Gasteiger partial charge in [-0.25, -0.2) is 23.7 Å². The Morgan fingerprint density at radius 2 is 1.13 bits per heavy atom. The molecule has 20 heteroatoms. The zero-order valence-corrected chi connectivity index (χ0v) is 35.2. The average molecular weight is 889 g/mol. The number of likely N-dealkylation sites (N-methyl/N-ethyl adjacent to an activating group) is 1. The number of benzene rings is 2. The Balaban J connectivity index is 0.000000143. The number of nitrogens with zero attached hydrogens (tertiary/aromatic N) is 12. The van der Waals surface area contributed by atoms with Crippen molar-refractivity contribution in [3.63, 3.8) is 0 Å². The van der Waals surface area contributed by atoms with E-state index in [4.69, 9.17) is 15.0 Å².